The van der Waals surface area contributed by atoms with E-state index in [0.29, 0.717) is 0 Å². The first kappa shape index (κ1) is 15.7. The molecule has 2 aromatic rings. The maximum Gasteiger partial charge on any atom is 0.287 e. The number of ether oxygens (including phenoxy) is 1. The number of halogens is 1. The molecule has 0 spiro atoms. The van der Waals surface area contributed by atoms with Crippen LogP contribution in [-0.2, 0) is 0 Å². The van der Waals surface area contributed by atoms with Crippen molar-refractivity contribution >= 4 is 23.2 Å². The number of carbonyl (C=O) groups excluding carboxylic acids is 1. The first-order chi connectivity index (χ1) is 11.2. The van der Waals surface area contributed by atoms with Crippen LogP contribution in [0.5, 0.6) is 5.75 Å². The van der Waals surface area contributed by atoms with Gasteiger partial charge < -0.3 is 19.4 Å². The normalized spacial score (nSPS) is 15.5. The van der Waals surface area contributed by atoms with Gasteiger partial charge in [-0.1, -0.05) is 0 Å². The van der Waals surface area contributed by atoms with E-state index >= 15 is 0 Å². The number of furan rings is 1. The third-order valence-corrected chi connectivity index (χ3v) is 4.27. The van der Waals surface area contributed by atoms with Crippen LogP contribution in [0.15, 0.2) is 40.8 Å². The van der Waals surface area contributed by atoms with Crippen molar-refractivity contribution in [2.45, 2.75) is 18.9 Å². The van der Waals surface area contributed by atoms with Crippen LogP contribution in [0.4, 0.5) is 5.69 Å². The average molecular weight is 335 g/mol. The molecular weight excluding hydrogens is 316 g/mol. The number of anilines is 1. The van der Waals surface area contributed by atoms with Crippen LogP contribution in [0.25, 0.3) is 0 Å². The second kappa shape index (κ2) is 6.96. The summed E-state index contributed by atoms with van der Waals surface area (Å²) in [6, 6.07) is 11.4. The molecule has 1 saturated heterocycles. The molecule has 1 aromatic heterocycles. The van der Waals surface area contributed by atoms with Crippen molar-refractivity contribution in [2.75, 3.05) is 25.1 Å². The summed E-state index contributed by atoms with van der Waals surface area (Å²) in [5.74, 6) is 0.903. The third-order valence-electron chi connectivity index (χ3n) is 4.06. The van der Waals surface area contributed by atoms with Crippen LogP contribution in [0.2, 0.25) is 5.22 Å². The smallest absolute Gasteiger partial charge is 0.287 e. The van der Waals surface area contributed by atoms with E-state index in [0.717, 1.165) is 31.7 Å². The van der Waals surface area contributed by atoms with E-state index in [9.17, 15) is 4.79 Å². The Morgan fingerprint density at radius 1 is 1.22 bits per heavy atom. The molecule has 6 heteroatoms. The standard InChI is InChI=1S/C17H19ClN2O3/c1-22-14-4-2-13(3-5-14)20-10-8-12(9-11-20)19-17(21)15-6-7-16(18)23-15/h2-7,12H,8-11H2,1H3,(H,19,21). The van der Waals surface area contributed by atoms with Gasteiger partial charge in [0.1, 0.15) is 5.75 Å². The fourth-order valence-corrected chi connectivity index (χ4v) is 2.91. The SMILES string of the molecule is COc1ccc(N2CCC(NC(=O)c3ccc(Cl)o3)CC2)cc1. The maximum atomic E-state index is 12.1. The molecular formula is C17H19ClN2O3. The average Bonchev–Trinajstić information content (AvgIpc) is 3.02. The van der Waals surface area contributed by atoms with Gasteiger partial charge in [0.15, 0.2) is 11.0 Å². The lowest BCUT2D eigenvalue weighted by Gasteiger charge is -2.33. The lowest BCUT2D eigenvalue weighted by Crippen LogP contribution is -2.44. The van der Waals surface area contributed by atoms with Gasteiger partial charge in [0.05, 0.1) is 7.11 Å². The van der Waals surface area contributed by atoms with Crippen molar-refractivity contribution in [3.8, 4) is 5.75 Å². The van der Waals surface area contributed by atoms with E-state index in [2.05, 4.69) is 22.3 Å². The van der Waals surface area contributed by atoms with Crippen LogP contribution in [0.1, 0.15) is 23.4 Å². The number of piperidine rings is 1. The summed E-state index contributed by atoms with van der Waals surface area (Å²) in [7, 11) is 1.66. The summed E-state index contributed by atoms with van der Waals surface area (Å²) < 4.78 is 10.3. The second-order valence-electron chi connectivity index (χ2n) is 5.54. The maximum absolute atomic E-state index is 12.1. The number of rotatable bonds is 4. The van der Waals surface area contributed by atoms with E-state index < -0.39 is 0 Å². The van der Waals surface area contributed by atoms with E-state index in [4.69, 9.17) is 20.8 Å². The Morgan fingerprint density at radius 3 is 2.48 bits per heavy atom. The molecule has 0 atom stereocenters. The second-order valence-corrected chi connectivity index (χ2v) is 5.91. The van der Waals surface area contributed by atoms with Crippen molar-refractivity contribution in [3.63, 3.8) is 0 Å². The molecule has 1 fully saturated rings. The number of amides is 1. The van der Waals surface area contributed by atoms with E-state index in [-0.39, 0.29) is 22.9 Å². The molecule has 0 unspecified atom stereocenters. The molecule has 3 rings (SSSR count). The lowest BCUT2D eigenvalue weighted by molar-refractivity contribution is 0.0903. The number of methoxy groups -OCH3 is 1. The van der Waals surface area contributed by atoms with Gasteiger partial charge in [-0.05, 0) is 60.8 Å². The van der Waals surface area contributed by atoms with Crippen molar-refractivity contribution in [1.29, 1.82) is 0 Å². The molecule has 0 bridgehead atoms. The molecule has 1 N–H and O–H groups in total. The van der Waals surface area contributed by atoms with E-state index in [1.54, 1.807) is 19.2 Å². The number of nitrogens with zero attached hydrogens (tertiary/aromatic N) is 1. The zero-order valence-electron chi connectivity index (χ0n) is 12.9. The molecule has 1 aliphatic rings. The highest BCUT2D eigenvalue weighted by Crippen LogP contribution is 2.23. The van der Waals surface area contributed by atoms with Gasteiger partial charge in [-0.15, -0.1) is 0 Å². The summed E-state index contributed by atoms with van der Waals surface area (Å²) in [6.07, 6.45) is 1.79. The van der Waals surface area contributed by atoms with Gasteiger partial charge >= 0.3 is 0 Å². The Balaban J connectivity index is 1.52. The predicted molar refractivity (Wildman–Crippen MR) is 89.4 cm³/mol. The van der Waals surface area contributed by atoms with Crippen molar-refractivity contribution < 1.29 is 13.9 Å². The Labute approximate surface area is 140 Å². The third kappa shape index (κ3) is 3.79. The molecule has 1 aliphatic heterocycles. The summed E-state index contributed by atoms with van der Waals surface area (Å²) in [5.41, 5.74) is 1.17. The minimum absolute atomic E-state index is 0.154. The summed E-state index contributed by atoms with van der Waals surface area (Å²) in [4.78, 5) is 14.4. The van der Waals surface area contributed by atoms with Gasteiger partial charge in [0, 0.05) is 24.8 Å². The Kier molecular flexibility index (Phi) is 4.76. The minimum atomic E-state index is -0.209. The van der Waals surface area contributed by atoms with Crippen molar-refractivity contribution in [3.05, 3.63) is 47.4 Å². The van der Waals surface area contributed by atoms with Crippen LogP contribution in [0, 0.1) is 0 Å². The van der Waals surface area contributed by atoms with Gasteiger partial charge in [-0.25, -0.2) is 0 Å². The first-order valence-corrected chi connectivity index (χ1v) is 7.98. The Bertz CT molecular complexity index is 661. The molecule has 5 nitrogen and oxygen atoms in total. The minimum Gasteiger partial charge on any atom is -0.497 e. The summed E-state index contributed by atoms with van der Waals surface area (Å²) >= 11 is 5.69. The number of hydrogen-bond acceptors (Lipinski definition) is 4. The molecule has 23 heavy (non-hydrogen) atoms. The van der Waals surface area contributed by atoms with Crippen LogP contribution in [-0.4, -0.2) is 32.1 Å². The molecule has 0 radical (unpaired) electrons. The van der Waals surface area contributed by atoms with Gasteiger partial charge in [-0.2, -0.15) is 0 Å². The highest BCUT2D eigenvalue weighted by molar-refractivity contribution is 6.29. The lowest BCUT2D eigenvalue weighted by atomic mass is 10.0. The molecule has 1 amide bonds. The highest BCUT2D eigenvalue weighted by Gasteiger charge is 2.22. The van der Waals surface area contributed by atoms with Crippen LogP contribution >= 0.6 is 11.6 Å². The summed E-state index contributed by atoms with van der Waals surface area (Å²) in [5, 5.41) is 3.23. The summed E-state index contributed by atoms with van der Waals surface area (Å²) in [6.45, 7) is 1.80. The fourth-order valence-electron chi connectivity index (χ4n) is 2.77. The molecule has 0 saturated carbocycles. The molecule has 0 aliphatic carbocycles. The molecule has 2 heterocycles. The largest absolute Gasteiger partial charge is 0.497 e. The van der Waals surface area contributed by atoms with Crippen LogP contribution in [0.3, 0.4) is 0 Å². The van der Waals surface area contributed by atoms with Crippen molar-refractivity contribution in [2.24, 2.45) is 0 Å². The highest BCUT2D eigenvalue weighted by atomic mass is 35.5. The zero-order chi connectivity index (χ0) is 16.2. The number of nitrogens with one attached hydrogen (secondary N) is 1. The molecule has 1 aromatic carbocycles. The van der Waals surface area contributed by atoms with E-state index in [1.165, 1.54) is 5.69 Å². The Morgan fingerprint density at radius 2 is 1.91 bits per heavy atom. The molecule has 122 valence electrons. The van der Waals surface area contributed by atoms with Gasteiger partial charge in [-0.3, -0.25) is 4.79 Å². The van der Waals surface area contributed by atoms with E-state index in [1.807, 2.05) is 12.1 Å². The predicted octanol–water partition coefficient (Wildman–Crippen LogP) is 3.34. The topological polar surface area (TPSA) is 54.7 Å². The number of carbonyl (C=O) groups is 1. The van der Waals surface area contributed by atoms with Gasteiger partial charge in [0.2, 0.25) is 0 Å². The van der Waals surface area contributed by atoms with Crippen LogP contribution < -0.4 is 15.0 Å². The fraction of sp³-hybridized carbons (Fsp3) is 0.353. The quantitative estimate of drug-likeness (QED) is 0.931. The van der Waals surface area contributed by atoms with Crippen molar-refractivity contribution in [1.82, 2.24) is 5.32 Å². The monoisotopic (exact) mass is 334 g/mol. The first-order valence-electron chi connectivity index (χ1n) is 7.61. The Hall–Kier alpha value is -2.14. The number of benzene rings is 1. The zero-order valence-corrected chi connectivity index (χ0v) is 13.7. The van der Waals surface area contributed by atoms with Gasteiger partial charge in [0.25, 0.3) is 5.91 Å². The number of hydrogen-bond donors (Lipinski definition) is 1.